The number of anilines is 1. The molecule has 0 atom stereocenters. The molecule has 0 aliphatic rings. The number of nitrogens with zero attached hydrogens (tertiary/aromatic N) is 1. The highest BCUT2D eigenvalue weighted by Gasteiger charge is 2.04. The van der Waals surface area contributed by atoms with Crippen molar-refractivity contribution in [1.29, 1.82) is 0 Å². The molecule has 0 radical (unpaired) electrons. The lowest BCUT2D eigenvalue weighted by Gasteiger charge is -2.07. The number of fused-ring (bicyclic) bond motifs is 1. The molecule has 4 heteroatoms. The molecule has 0 unspecified atom stereocenters. The fourth-order valence-corrected chi connectivity index (χ4v) is 2.91. The molecule has 3 aromatic rings. The predicted octanol–water partition coefficient (Wildman–Crippen LogP) is 4.70. The van der Waals surface area contributed by atoms with E-state index in [4.69, 9.17) is 4.74 Å². The van der Waals surface area contributed by atoms with Crippen molar-refractivity contribution < 1.29 is 4.74 Å². The number of aromatic nitrogens is 1. The van der Waals surface area contributed by atoms with Gasteiger partial charge in [0.15, 0.2) is 5.13 Å². The first-order chi connectivity index (χ1) is 10.4. The van der Waals surface area contributed by atoms with Gasteiger partial charge in [0.1, 0.15) is 12.4 Å². The van der Waals surface area contributed by atoms with Gasteiger partial charge in [-0.2, -0.15) is 0 Å². The van der Waals surface area contributed by atoms with Gasteiger partial charge in [0.25, 0.3) is 0 Å². The highest BCUT2D eigenvalue weighted by atomic mass is 32.1. The summed E-state index contributed by atoms with van der Waals surface area (Å²) in [7, 11) is 0. The van der Waals surface area contributed by atoms with Gasteiger partial charge in [0.05, 0.1) is 4.88 Å². The third-order valence-corrected chi connectivity index (χ3v) is 4.13. The number of rotatable bonds is 6. The minimum atomic E-state index is 0.555. The molecule has 0 bridgehead atoms. The van der Waals surface area contributed by atoms with E-state index < -0.39 is 0 Å². The first-order valence-electron chi connectivity index (χ1n) is 7.16. The van der Waals surface area contributed by atoms with Gasteiger partial charge in [-0.25, -0.2) is 4.98 Å². The van der Waals surface area contributed by atoms with Gasteiger partial charge in [0.2, 0.25) is 0 Å². The molecule has 0 aliphatic heterocycles. The smallest absolute Gasteiger partial charge is 0.182 e. The van der Waals surface area contributed by atoms with Crippen molar-refractivity contribution in [2.45, 2.75) is 20.0 Å². The van der Waals surface area contributed by atoms with Crippen molar-refractivity contribution in [3.63, 3.8) is 0 Å². The van der Waals surface area contributed by atoms with E-state index in [0.717, 1.165) is 34.1 Å². The molecule has 1 heterocycles. The molecular weight excluding hydrogens is 280 g/mol. The van der Waals surface area contributed by atoms with Gasteiger partial charge in [-0.15, -0.1) is 0 Å². The Morgan fingerprint density at radius 3 is 2.90 bits per heavy atom. The third kappa shape index (κ3) is 3.34. The van der Waals surface area contributed by atoms with E-state index >= 15 is 0 Å². The Hall–Kier alpha value is -2.07. The Morgan fingerprint density at radius 1 is 1.14 bits per heavy atom. The average Bonchev–Trinajstić information content (AvgIpc) is 2.99. The van der Waals surface area contributed by atoms with Crippen LogP contribution in [0.25, 0.3) is 10.8 Å². The maximum Gasteiger partial charge on any atom is 0.182 e. The Balaban J connectivity index is 1.70. The zero-order valence-corrected chi connectivity index (χ0v) is 12.8. The Morgan fingerprint density at radius 2 is 2.00 bits per heavy atom. The largest absolute Gasteiger partial charge is 0.487 e. The maximum absolute atomic E-state index is 5.97. The van der Waals surface area contributed by atoms with E-state index in [1.807, 2.05) is 30.5 Å². The van der Waals surface area contributed by atoms with Crippen molar-refractivity contribution in [3.8, 4) is 5.75 Å². The molecule has 0 saturated carbocycles. The summed E-state index contributed by atoms with van der Waals surface area (Å²) in [6.07, 6.45) is 2.98. The summed E-state index contributed by atoms with van der Waals surface area (Å²) in [5.74, 6) is 0.921. The quantitative estimate of drug-likeness (QED) is 0.716. The van der Waals surface area contributed by atoms with E-state index in [9.17, 15) is 0 Å². The average molecular weight is 298 g/mol. The number of nitrogens with one attached hydrogen (secondary N) is 1. The molecule has 0 fully saturated rings. The molecule has 0 saturated heterocycles. The van der Waals surface area contributed by atoms with Crippen LogP contribution in [-0.4, -0.2) is 11.5 Å². The molecule has 0 spiro atoms. The standard InChI is InChI=1S/C17H18N2OS/c1-2-10-18-17-19-11-14(21-17)12-20-16-9-5-7-13-6-3-4-8-15(13)16/h3-9,11H,2,10,12H2,1H3,(H,18,19). The van der Waals surface area contributed by atoms with Crippen LogP contribution < -0.4 is 10.1 Å². The Labute approximate surface area is 128 Å². The van der Waals surface area contributed by atoms with Gasteiger partial charge >= 0.3 is 0 Å². The predicted molar refractivity (Wildman–Crippen MR) is 89.2 cm³/mol. The van der Waals surface area contributed by atoms with Crippen LogP contribution in [0.2, 0.25) is 0 Å². The summed E-state index contributed by atoms with van der Waals surface area (Å²) in [6, 6.07) is 14.4. The normalized spacial score (nSPS) is 10.7. The molecule has 3 nitrogen and oxygen atoms in total. The number of benzene rings is 2. The number of hydrogen-bond donors (Lipinski definition) is 1. The SMILES string of the molecule is CCCNc1ncc(COc2cccc3ccccc23)s1. The topological polar surface area (TPSA) is 34.2 Å². The number of ether oxygens (including phenoxy) is 1. The lowest BCUT2D eigenvalue weighted by molar-refractivity contribution is 0.313. The monoisotopic (exact) mass is 298 g/mol. The van der Waals surface area contributed by atoms with Gasteiger partial charge < -0.3 is 10.1 Å². The van der Waals surface area contributed by atoms with Gasteiger partial charge in [-0.3, -0.25) is 0 Å². The minimum Gasteiger partial charge on any atom is -0.487 e. The fourth-order valence-electron chi connectivity index (χ4n) is 2.16. The Bertz CT molecular complexity index is 718. The van der Waals surface area contributed by atoms with Crippen LogP contribution in [0.5, 0.6) is 5.75 Å². The fraction of sp³-hybridized carbons (Fsp3) is 0.235. The van der Waals surface area contributed by atoms with Crippen molar-refractivity contribution in [3.05, 3.63) is 53.5 Å². The van der Waals surface area contributed by atoms with Crippen molar-refractivity contribution in [2.24, 2.45) is 0 Å². The maximum atomic E-state index is 5.97. The Kier molecular flexibility index (Phi) is 4.36. The molecular formula is C17H18N2OS. The zero-order valence-electron chi connectivity index (χ0n) is 12.0. The number of hydrogen-bond acceptors (Lipinski definition) is 4. The summed E-state index contributed by atoms with van der Waals surface area (Å²) in [6.45, 7) is 3.65. The first kappa shape index (κ1) is 13.9. The molecule has 3 rings (SSSR count). The van der Waals surface area contributed by atoms with Crippen molar-refractivity contribution >= 4 is 27.2 Å². The van der Waals surface area contributed by atoms with Crippen molar-refractivity contribution in [2.75, 3.05) is 11.9 Å². The van der Waals surface area contributed by atoms with Gasteiger partial charge in [-0.05, 0) is 17.9 Å². The van der Waals surface area contributed by atoms with E-state index in [0.29, 0.717) is 6.61 Å². The van der Waals surface area contributed by atoms with Crippen LogP contribution in [0.15, 0.2) is 48.7 Å². The molecule has 0 aliphatic carbocycles. The third-order valence-electron chi connectivity index (χ3n) is 3.20. The van der Waals surface area contributed by atoms with Crippen LogP contribution in [-0.2, 0) is 6.61 Å². The van der Waals surface area contributed by atoms with Crippen molar-refractivity contribution in [1.82, 2.24) is 4.98 Å². The molecule has 108 valence electrons. The van der Waals surface area contributed by atoms with Crippen LogP contribution in [0, 0.1) is 0 Å². The molecule has 21 heavy (non-hydrogen) atoms. The summed E-state index contributed by atoms with van der Waals surface area (Å²) in [4.78, 5) is 5.48. The highest BCUT2D eigenvalue weighted by Crippen LogP contribution is 2.27. The number of thiazole rings is 1. The highest BCUT2D eigenvalue weighted by molar-refractivity contribution is 7.15. The first-order valence-corrected chi connectivity index (χ1v) is 7.97. The van der Waals surface area contributed by atoms with Crippen LogP contribution in [0.3, 0.4) is 0 Å². The van der Waals surface area contributed by atoms with Crippen LogP contribution >= 0.6 is 11.3 Å². The summed E-state index contributed by atoms with van der Waals surface area (Å²) >= 11 is 1.65. The minimum absolute atomic E-state index is 0.555. The summed E-state index contributed by atoms with van der Waals surface area (Å²) < 4.78 is 5.97. The summed E-state index contributed by atoms with van der Waals surface area (Å²) in [5.41, 5.74) is 0. The van der Waals surface area contributed by atoms with E-state index in [1.54, 1.807) is 11.3 Å². The molecule has 2 aromatic carbocycles. The van der Waals surface area contributed by atoms with Crippen LogP contribution in [0.1, 0.15) is 18.2 Å². The van der Waals surface area contributed by atoms with Gasteiger partial charge in [0, 0.05) is 18.1 Å². The zero-order chi connectivity index (χ0) is 14.5. The second-order valence-electron chi connectivity index (χ2n) is 4.82. The van der Waals surface area contributed by atoms with E-state index in [2.05, 4.69) is 35.4 Å². The van der Waals surface area contributed by atoms with Crippen LogP contribution in [0.4, 0.5) is 5.13 Å². The van der Waals surface area contributed by atoms with E-state index in [1.165, 1.54) is 5.39 Å². The van der Waals surface area contributed by atoms with E-state index in [-0.39, 0.29) is 0 Å². The summed E-state index contributed by atoms with van der Waals surface area (Å²) in [5, 5.41) is 6.61. The lowest BCUT2D eigenvalue weighted by atomic mass is 10.1. The second-order valence-corrected chi connectivity index (χ2v) is 5.94. The molecule has 0 amide bonds. The van der Waals surface area contributed by atoms with Gasteiger partial charge in [-0.1, -0.05) is 54.7 Å². The molecule has 1 N–H and O–H groups in total. The second kappa shape index (κ2) is 6.59. The molecule has 1 aromatic heterocycles. The lowest BCUT2D eigenvalue weighted by Crippen LogP contribution is -1.97.